The number of nitrogens with one attached hydrogen (secondary N) is 1. The van der Waals surface area contributed by atoms with E-state index in [2.05, 4.69) is 5.32 Å². The molecule has 2 rings (SSSR count). The van der Waals surface area contributed by atoms with E-state index >= 15 is 0 Å². The molecule has 0 aliphatic heterocycles. The molecular formula is C15H11ClN4O4. The van der Waals surface area contributed by atoms with Crippen LogP contribution >= 0.6 is 11.6 Å². The molecule has 0 saturated heterocycles. The second-order valence-corrected chi connectivity index (χ2v) is 5.35. The lowest BCUT2D eigenvalue weighted by molar-refractivity contribution is -0.385. The number of aryl methyl sites for hydroxylation is 1. The Kier molecular flexibility index (Phi) is 4.96. The SMILES string of the molecule is Cc1ccc(NC(=O)Cn2cc([N+](=O)[O-])cc(C#N)c2=O)c(Cl)c1. The number of halogens is 1. The number of rotatable bonds is 4. The van der Waals surface area contributed by atoms with Gasteiger partial charge in [0.25, 0.3) is 11.2 Å². The maximum Gasteiger partial charge on any atom is 0.287 e. The van der Waals surface area contributed by atoms with Gasteiger partial charge in [-0.15, -0.1) is 0 Å². The van der Waals surface area contributed by atoms with Crippen molar-refractivity contribution >= 4 is 28.9 Å². The third kappa shape index (κ3) is 3.77. The number of carbonyl (C=O) groups is 1. The van der Waals surface area contributed by atoms with E-state index < -0.39 is 34.2 Å². The average Bonchev–Trinajstić information content (AvgIpc) is 2.51. The summed E-state index contributed by atoms with van der Waals surface area (Å²) < 4.78 is 0.814. The summed E-state index contributed by atoms with van der Waals surface area (Å²) >= 11 is 6.01. The zero-order valence-corrected chi connectivity index (χ0v) is 13.2. The van der Waals surface area contributed by atoms with Crippen LogP contribution in [0.3, 0.4) is 0 Å². The minimum absolute atomic E-state index is 0.326. The molecule has 8 nitrogen and oxygen atoms in total. The Morgan fingerprint density at radius 1 is 1.46 bits per heavy atom. The van der Waals surface area contributed by atoms with Crippen molar-refractivity contribution in [3.63, 3.8) is 0 Å². The fourth-order valence-electron chi connectivity index (χ4n) is 1.98. The molecule has 1 N–H and O–H groups in total. The molecule has 122 valence electrons. The number of nitro groups is 1. The summed E-state index contributed by atoms with van der Waals surface area (Å²) in [5.41, 5.74) is -0.385. The van der Waals surface area contributed by atoms with E-state index in [0.717, 1.165) is 22.4 Å². The van der Waals surface area contributed by atoms with Crippen LogP contribution in [-0.2, 0) is 11.3 Å². The third-order valence-electron chi connectivity index (χ3n) is 3.12. The molecule has 0 spiro atoms. The number of pyridine rings is 1. The fourth-order valence-corrected chi connectivity index (χ4v) is 2.27. The number of nitriles is 1. The van der Waals surface area contributed by atoms with E-state index in [1.165, 1.54) is 0 Å². The predicted molar refractivity (Wildman–Crippen MR) is 86.9 cm³/mol. The largest absolute Gasteiger partial charge is 0.323 e. The Morgan fingerprint density at radius 3 is 2.75 bits per heavy atom. The highest BCUT2D eigenvalue weighted by atomic mass is 35.5. The molecule has 1 amide bonds. The van der Waals surface area contributed by atoms with E-state index in [-0.39, 0.29) is 0 Å². The summed E-state index contributed by atoms with van der Waals surface area (Å²) in [7, 11) is 0. The minimum Gasteiger partial charge on any atom is -0.323 e. The van der Waals surface area contributed by atoms with Gasteiger partial charge in [-0.3, -0.25) is 24.3 Å². The molecule has 1 aromatic carbocycles. The lowest BCUT2D eigenvalue weighted by Gasteiger charge is -2.09. The summed E-state index contributed by atoms with van der Waals surface area (Å²) in [5.74, 6) is -0.604. The first-order valence-corrected chi connectivity index (χ1v) is 7.04. The average molecular weight is 347 g/mol. The van der Waals surface area contributed by atoms with Crippen molar-refractivity contribution in [3.05, 3.63) is 67.1 Å². The lowest BCUT2D eigenvalue weighted by Crippen LogP contribution is -2.29. The maximum atomic E-state index is 12.1. The molecule has 1 aromatic heterocycles. The van der Waals surface area contributed by atoms with Crippen LogP contribution in [0.5, 0.6) is 0 Å². The number of nitrogens with zero attached hydrogens (tertiary/aromatic N) is 3. The summed E-state index contributed by atoms with van der Waals surface area (Å²) in [6.45, 7) is 1.35. The number of hydrogen-bond acceptors (Lipinski definition) is 5. The molecule has 24 heavy (non-hydrogen) atoms. The highest BCUT2D eigenvalue weighted by Crippen LogP contribution is 2.22. The van der Waals surface area contributed by atoms with Gasteiger partial charge in [0, 0.05) is 6.07 Å². The van der Waals surface area contributed by atoms with Crippen molar-refractivity contribution in [2.75, 3.05) is 5.32 Å². The predicted octanol–water partition coefficient (Wildman–Crippen LogP) is 2.23. The first kappa shape index (κ1) is 17.2. The topological polar surface area (TPSA) is 118 Å². The zero-order valence-electron chi connectivity index (χ0n) is 12.4. The van der Waals surface area contributed by atoms with Gasteiger partial charge in [0.05, 0.1) is 21.8 Å². The summed E-state index contributed by atoms with van der Waals surface area (Å²) in [5, 5.41) is 22.6. The molecule has 0 saturated carbocycles. The summed E-state index contributed by atoms with van der Waals surface area (Å²) in [6.07, 6.45) is 0.916. The lowest BCUT2D eigenvalue weighted by atomic mass is 10.2. The summed E-state index contributed by atoms with van der Waals surface area (Å²) in [6, 6.07) is 7.45. The fraction of sp³-hybridized carbons (Fsp3) is 0.133. The van der Waals surface area contributed by atoms with Crippen LogP contribution < -0.4 is 10.9 Å². The number of aromatic nitrogens is 1. The number of hydrogen-bond donors (Lipinski definition) is 1. The van der Waals surface area contributed by atoms with Gasteiger partial charge < -0.3 is 5.32 Å². The molecule has 0 radical (unpaired) electrons. The van der Waals surface area contributed by atoms with Crippen LogP contribution in [0.4, 0.5) is 11.4 Å². The normalized spacial score (nSPS) is 10.0. The smallest absolute Gasteiger partial charge is 0.287 e. The van der Waals surface area contributed by atoms with Crippen LogP contribution in [0.2, 0.25) is 5.02 Å². The van der Waals surface area contributed by atoms with E-state index in [1.807, 2.05) is 6.92 Å². The van der Waals surface area contributed by atoms with E-state index in [9.17, 15) is 19.7 Å². The van der Waals surface area contributed by atoms with Crippen molar-refractivity contribution in [3.8, 4) is 6.07 Å². The molecule has 1 heterocycles. The van der Waals surface area contributed by atoms with Gasteiger partial charge in [0.2, 0.25) is 5.91 Å². The van der Waals surface area contributed by atoms with Crippen LogP contribution in [0.1, 0.15) is 11.1 Å². The first-order valence-electron chi connectivity index (χ1n) is 6.67. The minimum atomic E-state index is -0.784. The first-order chi connectivity index (χ1) is 11.3. The zero-order chi connectivity index (χ0) is 17.9. The van der Waals surface area contributed by atoms with Crippen molar-refractivity contribution in [1.82, 2.24) is 4.57 Å². The van der Waals surface area contributed by atoms with Gasteiger partial charge in [-0.1, -0.05) is 17.7 Å². The van der Waals surface area contributed by atoms with Crippen molar-refractivity contribution in [2.24, 2.45) is 0 Å². The highest BCUT2D eigenvalue weighted by molar-refractivity contribution is 6.33. The second kappa shape index (κ2) is 6.93. The highest BCUT2D eigenvalue weighted by Gasteiger charge is 2.16. The number of amides is 1. The molecule has 0 aliphatic carbocycles. The van der Waals surface area contributed by atoms with Gasteiger partial charge in [0.1, 0.15) is 18.2 Å². The maximum absolute atomic E-state index is 12.1. The summed E-state index contributed by atoms with van der Waals surface area (Å²) in [4.78, 5) is 34.2. The van der Waals surface area contributed by atoms with E-state index in [4.69, 9.17) is 16.9 Å². The standard InChI is InChI=1S/C15H11ClN4O4/c1-9-2-3-13(12(16)4-9)18-14(21)8-19-7-11(20(23)24)5-10(6-17)15(19)22/h2-5,7H,8H2,1H3,(H,18,21). The van der Waals surface area contributed by atoms with Gasteiger partial charge >= 0.3 is 0 Å². The van der Waals surface area contributed by atoms with Crippen molar-refractivity contribution in [2.45, 2.75) is 13.5 Å². The molecule has 0 bridgehead atoms. The number of carbonyl (C=O) groups excluding carboxylic acids is 1. The Morgan fingerprint density at radius 2 is 2.17 bits per heavy atom. The molecule has 0 aliphatic rings. The molecule has 0 fully saturated rings. The molecular weight excluding hydrogens is 336 g/mol. The van der Waals surface area contributed by atoms with Crippen LogP contribution in [0.15, 0.2) is 35.3 Å². The van der Waals surface area contributed by atoms with Crippen molar-refractivity contribution in [1.29, 1.82) is 5.26 Å². The monoisotopic (exact) mass is 346 g/mol. The van der Waals surface area contributed by atoms with E-state index in [0.29, 0.717) is 10.7 Å². The van der Waals surface area contributed by atoms with Gasteiger partial charge in [-0.05, 0) is 24.6 Å². The Balaban J connectivity index is 2.29. The quantitative estimate of drug-likeness (QED) is 0.672. The van der Waals surface area contributed by atoms with Crippen molar-refractivity contribution < 1.29 is 9.72 Å². The Bertz CT molecular complexity index is 930. The van der Waals surface area contributed by atoms with Crippen LogP contribution in [0, 0.1) is 28.4 Å². The van der Waals surface area contributed by atoms with Gasteiger partial charge in [0.15, 0.2) is 0 Å². The number of anilines is 1. The van der Waals surface area contributed by atoms with Crippen LogP contribution in [0.25, 0.3) is 0 Å². The molecule has 0 atom stereocenters. The molecule has 2 aromatic rings. The Hall–Kier alpha value is -3.18. The number of benzene rings is 1. The van der Waals surface area contributed by atoms with Gasteiger partial charge in [-0.2, -0.15) is 5.26 Å². The second-order valence-electron chi connectivity index (χ2n) is 4.95. The Labute approximate surface area is 141 Å². The van der Waals surface area contributed by atoms with Gasteiger partial charge in [-0.25, -0.2) is 0 Å². The van der Waals surface area contributed by atoms with E-state index in [1.54, 1.807) is 24.3 Å². The third-order valence-corrected chi connectivity index (χ3v) is 3.43. The molecule has 9 heteroatoms. The van der Waals surface area contributed by atoms with Crippen LogP contribution in [-0.4, -0.2) is 15.4 Å². The molecule has 0 unspecified atom stereocenters.